The van der Waals surface area contributed by atoms with Crippen molar-refractivity contribution in [1.82, 2.24) is 5.32 Å². The van der Waals surface area contributed by atoms with E-state index in [9.17, 15) is 4.79 Å². The van der Waals surface area contributed by atoms with Crippen molar-refractivity contribution in [1.29, 1.82) is 0 Å². The van der Waals surface area contributed by atoms with E-state index in [4.69, 9.17) is 0 Å². The molecule has 5 heteroatoms. The summed E-state index contributed by atoms with van der Waals surface area (Å²) in [5.74, 6) is 2.45. The number of thiophene rings is 1. The SMILES string of the molecule is O=C(NCCc1csc2ccccc12)c1ccc(C2SCCS2)cc1. The molecule has 0 spiro atoms. The average molecular weight is 386 g/mol. The molecule has 2 aromatic carbocycles. The summed E-state index contributed by atoms with van der Waals surface area (Å²) >= 11 is 5.74. The molecule has 0 saturated carbocycles. The highest BCUT2D eigenvalue weighted by atomic mass is 32.2. The standard InChI is InChI=1S/C20H19NOS3/c22-19(14-5-7-15(8-6-14)20-23-11-12-24-20)21-10-9-16-13-25-18-4-2-1-3-17(16)18/h1-8,13,20H,9-12H2,(H,21,22). The van der Waals surface area contributed by atoms with E-state index < -0.39 is 0 Å². The summed E-state index contributed by atoms with van der Waals surface area (Å²) in [4.78, 5) is 12.4. The number of thioether (sulfide) groups is 2. The van der Waals surface area contributed by atoms with Crippen LogP contribution >= 0.6 is 34.9 Å². The van der Waals surface area contributed by atoms with Gasteiger partial charge < -0.3 is 5.32 Å². The van der Waals surface area contributed by atoms with E-state index >= 15 is 0 Å². The van der Waals surface area contributed by atoms with Gasteiger partial charge in [0.05, 0.1) is 4.58 Å². The number of fused-ring (bicyclic) bond motifs is 1. The molecule has 128 valence electrons. The number of nitrogens with one attached hydrogen (secondary N) is 1. The minimum Gasteiger partial charge on any atom is -0.352 e. The van der Waals surface area contributed by atoms with Gasteiger partial charge in [0, 0.05) is 28.3 Å². The Morgan fingerprint density at radius 2 is 1.80 bits per heavy atom. The molecule has 1 saturated heterocycles. The van der Waals surface area contributed by atoms with Crippen LogP contribution in [0.5, 0.6) is 0 Å². The minimum absolute atomic E-state index is 0.0119. The van der Waals surface area contributed by atoms with Crippen molar-refractivity contribution in [2.75, 3.05) is 18.1 Å². The van der Waals surface area contributed by atoms with Gasteiger partial charge in [0.2, 0.25) is 0 Å². The summed E-state index contributed by atoms with van der Waals surface area (Å²) in [6, 6.07) is 16.5. The van der Waals surface area contributed by atoms with Crippen molar-refractivity contribution in [3.05, 3.63) is 70.6 Å². The molecule has 1 N–H and O–H groups in total. The summed E-state index contributed by atoms with van der Waals surface area (Å²) < 4.78 is 1.84. The molecule has 0 atom stereocenters. The first-order valence-corrected chi connectivity index (χ1v) is 11.4. The van der Waals surface area contributed by atoms with Gasteiger partial charge in [0.15, 0.2) is 0 Å². The molecule has 4 rings (SSSR count). The fourth-order valence-corrected chi connectivity index (χ4v) is 6.84. The Balaban J connectivity index is 1.34. The highest BCUT2D eigenvalue weighted by Crippen LogP contribution is 2.45. The van der Waals surface area contributed by atoms with Crippen LogP contribution in [0.1, 0.15) is 26.1 Å². The molecular formula is C20H19NOS3. The number of hydrogen-bond acceptors (Lipinski definition) is 4. The van der Waals surface area contributed by atoms with Crippen LogP contribution in [0, 0.1) is 0 Å². The van der Waals surface area contributed by atoms with Gasteiger partial charge in [-0.25, -0.2) is 0 Å². The van der Waals surface area contributed by atoms with Crippen LogP contribution in [-0.4, -0.2) is 24.0 Å². The van der Waals surface area contributed by atoms with E-state index in [2.05, 4.69) is 47.1 Å². The largest absolute Gasteiger partial charge is 0.352 e. The third-order valence-corrected chi connectivity index (χ3v) is 8.42. The van der Waals surface area contributed by atoms with Crippen LogP contribution in [0.4, 0.5) is 0 Å². The van der Waals surface area contributed by atoms with Gasteiger partial charge >= 0.3 is 0 Å². The second kappa shape index (κ2) is 7.85. The Labute approximate surface area is 160 Å². The number of benzene rings is 2. The maximum atomic E-state index is 12.4. The topological polar surface area (TPSA) is 29.1 Å². The normalized spacial score (nSPS) is 14.9. The Morgan fingerprint density at radius 3 is 2.60 bits per heavy atom. The second-order valence-corrected chi connectivity index (χ2v) is 9.59. The Kier molecular flexibility index (Phi) is 5.34. The molecule has 3 aromatic rings. The zero-order valence-corrected chi connectivity index (χ0v) is 16.2. The molecular weight excluding hydrogens is 366 g/mol. The molecule has 0 aliphatic carbocycles. The number of hydrogen-bond donors (Lipinski definition) is 1. The summed E-state index contributed by atoms with van der Waals surface area (Å²) in [5, 5.41) is 6.55. The van der Waals surface area contributed by atoms with Gasteiger partial charge in [-0.05, 0) is 46.5 Å². The summed E-state index contributed by atoms with van der Waals surface area (Å²) in [6.07, 6.45) is 0.864. The van der Waals surface area contributed by atoms with Crippen LogP contribution in [0.3, 0.4) is 0 Å². The highest BCUT2D eigenvalue weighted by molar-refractivity contribution is 8.19. The Morgan fingerprint density at radius 1 is 1.04 bits per heavy atom. The van der Waals surface area contributed by atoms with Gasteiger partial charge in [0.1, 0.15) is 0 Å². The number of carbonyl (C=O) groups excluding carboxylic acids is 1. The minimum atomic E-state index is 0.0119. The van der Waals surface area contributed by atoms with Gasteiger partial charge in [-0.15, -0.1) is 34.9 Å². The summed E-state index contributed by atoms with van der Waals surface area (Å²) in [6.45, 7) is 0.662. The quantitative estimate of drug-likeness (QED) is 0.642. The zero-order chi connectivity index (χ0) is 17.1. The van der Waals surface area contributed by atoms with Crippen LogP contribution in [0.2, 0.25) is 0 Å². The van der Waals surface area contributed by atoms with E-state index in [1.807, 2.05) is 35.7 Å². The van der Waals surface area contributed by atoms with Gasteiger partial charge in [-0.3, -0.25) is 4.79 Å². The van der Waals surface area contributed by atoms with Crippen molar-refractivity contribution in [3.63, 3.8) is 0 Å². The van der Waals surface area contributed by atoms with Crippen molar-refractivity contribution >= 4 is 50.9 Å². The average Bonchev–Trinajstić information content (AvgIpc) is 3.32. The van der Waals surface area contributed by atoms with Crippen LogP contribution < -0.4 is 5.32 Å². The van der Waals surface area contributed by atoms with Crippen molar-refractivity contribution in [2.24, 2.45) is 0 Å². The van der Waals surface area contributed by atoms with E-state index in [1.54, 1.807) is 11.3 Å². The highest BCUT2D eigenvalue weighted by Gasteiger charge is 2.18. The van der Waals surface area contributed by atoms with Crippen LogP contribution in [0.15, 0.2) is 53.9 Å². The number of carbonyl (C=O) groups is 1. The molecule has 0 unspecified atom stereocenters. The van der Waals surface area contributed by atoms with Crippen LogP contribution in [-0.2, 0) is 6.42 Å². The fourth-order valence-electron chi connectivity index (χ4n) is 2.98. The predicted octanol–water partition coefficient (Wildman–Crippen LogP) is 5.35. The van der Waals surface area contributed by atoms with Gasteiger partial charge in [0.25, 0.3) is 5.91 Å². The monoisotopic (exact) mass is 385 g/mol. The first kappa shape index (κ1) is 17.0. The van der Waals surface area contributed by atoms with Gasteiger partial charge in [-0.2, -0.15) is 0 Å². The molecule has 2 heterocycles. The Bertz CT molecular complexity index is 866. The fraction of sp³-hybridized carbons (Fsp3) is 0.250. The van der Waals surface area contributed by atoms with E-state index in [0.717, 1.165) is 12.0 Å². The van der Waals surface area contributed by atoms with E-state index in [0.29, 0.717) is 11.1 Å². The maximum Gasteiger partial charge on any atom is 0.251 e. The molecule has 1 fully saturated rings. The lowest BCUT2D eigenvalue weighted by molar-refractivity contribution is 0.0954. The molecule has 2 nitrogen and oxygen atoms in total. The molecule has 1 amide bonds. The maximum absolute atomic E-state index is 12.4. The zero-order valence-electron chi connectivity index (χ0n) is 13.7. The summed E-state index contributed by atoms with van der Waals surface area (Å²) in [7, 11) is 0. The van der Waals surface area contributed by atoms with E-state index in [-0.39, 0.29) is 5.91 Å². The summed E-state index contributed by atoms with van der Waals surface area (Å²) in [5.41, 5.74) is 3.37. The molecule has 1 aromatic heterocycles. The Hall–Kier alpha value is -1.43. The van der Waals surface area contributed by atoms with Gasteiger partial charge in [-0.1, -0.05) is 30.3 Å². The smallest absolute Gasteiger partial charge is 0.251 e. The van der Waals surface area contributed by atoms with Crippen molar-refractivity contribution in [3.8, 4) is 0 Å². The molecule has 25 heavy (non-hydrogen) atoms. The van der Waals surface area contributed by atoms with E-state index in [1.165, 1.54) is 32.7 Å². The number of rotatable bonds is 5. The molecule has 0 radical (unpaired) electrons. The molecule has 1 aliphatic heterocycles. The molecule has 1 aliphatic rings. The lowest BCUT2D eigenvalue weighted by Crippen LogP contribution is -2.25. The lowest BCUT2D eigenvalue weighted by atomic mass is 10.1. The third kappa shape index (κ3) is 3.89. The lowest BCUT2D eigenvalue weighted by Gasteiger charge is -2.09. The van der Waals surface area contributed by atoms with Crippen LogP contribution in [0.25, 0.3) is 10.1 Å². The predicted molar refractivity (Wildman–Crippen MR) is 112 cm³/mol. The molecule has 0 bridgehead atoms. The first-order valence-electron chi connectivity index (χ1n) is 8.38. The first-order chi connectivity index (χ1) is 12.3. The third-order valence-electron chi connectivity index (χ3n) is 4.31. The number of amides is 1. The second-order valence-electron chi connectivity index (χ2n) is 5.96. The van der Waals surface area contributed by atoms with Crippen molar-refractivity contribution < 1.29 is 4.79 Å². The van der Waals surface area contributed by atoms with Crippen molar-refractivity contribution in [2.45, 2.75) is 11.0 Å².